The summed E-state index contributed by atoms with van der Waals surface area (Å²) in [5.74, 6) is 0.600. The molecule has 0 atom stereocenters. The number of rotatable bonds is 6. The van der Waals surface area contributed by atoms with E-state index in [2.05, 4.69) is 25.0 Å². The molecule has 32 heavy (non-hydrogen) atoms. The third-order valence-corrected chi connectivity index (χ3v) is 5.53. The first-order chi connectivity index (χ1) is 15.1. The zero-order valence-corrected chi connectivity index (χ0v) is 19.0. The molecule has 0 bridgehead atoms. The molecule has 4 heterocycles. The topological polar surface area (TPSA) is 112 Å². The highest BCUT2D eigenvalue weighted by molar-refractivity contribution is 6.13. The molecular weight excluding hydrogens is 404 g/mol. The molecular formula is C24H28N6O2. The number of aromatic hydroxyl groups is 1. The Balaban J connectivity index is 1.71. The van der Waals surface area contributed by atoms with Crippen molar-refractivity contribution in [2.75, 3.05) is 0 Å². The lowest BCUT2D eigenvalue weighted by atomic mass is 10.0. The summed E-state index contributed by atoms with van der Waals surface area (Å²) in [5.41, 5.74) is 4.98. The number of aliphatic hydroxyl groups is 1. The number of nitrogens with one attached hydrogen (secondary N) is 1. The Bertz CT molecular complexity index is 1310. The van der Waals surface area contributed by atoms with Crippen LogP contribution in [0.25, 0.3) is 22.2 Å². The Labute approximate surface area is 186 Å². The number of hydrogen-bond donors (Lipinski definition) is 3. The molecule has 0 aliphatic carbocycles. The fourth-order valence-electron chi connectivity index (χ4n) is 3.71. The Morgan fingerprint density at radius 2 is 2.00 bits per heavy atom. The molecule has 0 aliphatic rings. The minimum absolute atomic E-state index is 0.0429. The van der Waals surface area contributed by atoms with Gasteiger partial charge in [0.1, 0.15) is 0 Å². The van der Waals surface area contributed by atoms with E-state index in [0.717, 1.165) is 33.4 Å². The third kappa shape index (κ3) is 4.40. The van der Waals surface area contributed by atoms with Gasteiger partial charge in [0, 0.05) is 41.6 Å². The van der Waals surface area contributed by atoms with Crippen molar-refractivity contribution < 1.29 is 10.2 Å². The fourth-order valence-corrected chi connectivity index (χ4v) is 3.71. The molecule has 0 aliphatic heterocycles. The average Bonchev–Trinajstić information content (AvgIpc) is 3.23. The number of fused-ring (bicyclic) bond motifs is 1. The van der Waals surface area contributed by atoms with E-state index in [0.29, 0.717) is 30.1 Å². The number of aliphatic imine (C=N–C) groups is 1. The van der Waals surface area contributed by atoms with Gasteiger partial charge in [0.05, 0.1) is 34.3 Å². The van der Waals surface area contributed by atoms with Crippen LogP contribution >= 0.6 is 0 Å². The second-order valence-corrected chi connectivity index (χ2v) is 8.78. The summed E-state index contributed by atoms with van der Waals surface area (Å²) in [6, 6.07) is 5.78. The van der Waals surface area contributed by atoms with E-state index in [9.17, 15) is 10.2 Å². The first-order valence-electron chi connectivity index (χ1n) is 10.6. The highest BCUT2D eigenvalue weighted by Crippen LogP contribution is 2.32. The van der Waals surface area contributed by atoms with Gasteiger partial charge in [-0.05, 0) is 58.7 Å². The highest BCUT2D eigenvalue weighted by atomic mass is 16.3. The van der Waals surface area contributed by atoms with Gasteiger partial charge in [0.15, 0.2) is 11.7 Å². The second kappa shape index (κ2) is 8.20. The van der Waals surface area contributed by atoms with Crippen molar-refractivity contribution in [1.82, 2.24) is 24.7 Å². The van der Waals surface area contributed by atoms with Gasteiger partial charge in [0.2, 0.25) is 0 Å². The molecule has 0 spiro atoms. The van der Waals surface area contributed by atoms with E-state index in [1.54, 1.807) is 32.4 Å². The van der Waals surface area contributed by atoms with Crippen LogP contribution in [0, 0.1) is 13.8 Å². The lowest BCUT2D eigenvalue weighted by Crippen LogP contribution is -2.21. The molecule has 4 aromatic rings. The highest BCUT2D eigenvalue weighted by Gasteiger charge is 2.17. The summed E-state index contributed by atoms with van der Waals surface area (Å²) in [4.78, 5) is 16.4. The van der Waals surface area contributed by atoms with E-state index in [4.69, 9.17) is 0 Å². The van der Waals surface area contributed by atoms with Crippen molar-refractivity contribution in [3.8, 4) is 17.1 Å². The molecule has 0 saturated heterocycles. The Hall–Kier alpha value is -3.52. The quantitative estimate of drug-likeness (QED) is 0.390. The molecule has 4 rings (SSSR count). The van der Waals surface area contributed by atoms with Gasteiger partial charge in [-0.15, -0.1) is 0 Å². The number of pyridine rings is 2. The van der Waals surface area contributed by atoms with Crippen LogP contribution < -0.4 is 0 Å². The van der Waals surface area contributed by atoms with Gasteiger partial charge in [-0.2, -0.15) is 5.10 Å². The molecule has 0 aromatic carbocycles. The van der Waals surface area contributed by atoms with Gasteiger partial charge in [-0.25, -0.2) is 4.99 Å². The average molecular weight is 433 g/mol. The largest absolute Gasteiger partial charge is 0.494 e. The minimum Gasteiger partial charge on any atom is -0.494 e. The fraction of sp³-hybridized carbons (Fsp3) is 0.333. The van der Waals surface area contributed by atoms with Crippen molar-refractivity contribution in [3.05, 3.63) is 53.6 Å². The molecule has 166 valence electrons. The predicted octanol–water partition coefficient (Wildman–Crippen LogP) is 4.45. The van der Waals surface area contributed by atoms with Crippen LogP contribution in [0.3, 0.4) is 0 Å². The smallest absolute Gasteiger partial charge is 0.198 e. The molecule has 0 amide bonds. The van der Waals surface area contributed by atoms with E-state index in [1.165, 1.54) is 0 Å². The summed E-state index contributed by atoms with van der Waals surface area (Å²) in [6.07, 6.45) is 5.84. The number of aryl methyl sites for hydroxylation is 3. The van der Waals surface area contributed by atoms with E-state index < -0.39 is 5.60 Å². The maximum absolute atomic E-state index is 10.6. The summed E-state index contributed by atoms with van der Waals surface area (Å²) in [7, 11) is 0. The molecule has 0 unspecified atom stereocenters. The van der Waals surface area contributed by atoms with Crippen molar-refractivity contribution in [2.45, 2.75) is 53.2 Å². The second-order valence-electron chi connectivity index (χ2n) is 8.78. The number of aromatic nitrogens is 5. The number of nitrogens with zero attached hydrogens (tertiary/aromatic N) is 5. The maximum Gasteiger partial charge on any atom is 0.198 e. The Kier molecular flexibility index (Phi) is 5.56. The first kappa shape index (κ1) is 21.7. The molecule has 3 N–H and O–H groups in total. The van der Waals surface area contributed by atoms with E-state index >= 15 is 0 Å². The van der Waals surface area contributed by atoms with Crippen molar-refractivity contribution in [1.29, 1.82) is 0 Å². The monoisotopic (exact) mass is 432 g/mol. The van der Waals surface area contributed by atoms with Crippen LogP contribution in [0.4, 0.5) is 5.82 Å². The van der Waals surface area contributed by atoms with Gasteiger partial charge in [0.25, 0.3) is 0 Å². The summed E-state index contributed by atoms with van der Waals surface area (Å²) < 4.78 is 1.84. The van der Waals surface area contributed by atoms with Crippen LogP contribution in [-0.4, -0.2) is 46.3 Å². The summed E-state index contributed by atoms with van der Waals surface area (Å²) in [5, 5.41) is 26.0. The Morgan fingerprint density at radius 3 is 2.72 bits per heavy atom. The van der Waals surface area contributed by atoms with Gasteiger partial charge in [-0.1, -0.05) is 0 Å². The van der Waals surface area contributed by atoms with Crippen LogP contribution in [0.15, 0.2) is 41.8 Å². The van der Waals surface area contributed by atoms with Gasteiger partial charge < -0.3 is 15.2 Å². The SMILES string of the molecule is CC(=Nc1cc(C)n(CCC(C)(C)O)n1)c1c(O)[nH]c2cnc(-c3cnccc3C)cc12. The van der Waals surface area contributed by atoms with Gasteiger partial charge in [-0.3, -0.25) is 14.6 Å². The van der Waals surface area contributed by atoms with Gasteiger partial charge >= 0.3 is 0 Å². The number of hydrogen-bond acceptors (Lipinski definition) is 6. The lowest BCUT2D eigenvalue weighted by Gasteiger charge is -2.16. The van der Waals surface area contributed by atoms with Crippen LogP contribution in [0.2, 0.25) is 0 Å². The van der Waals surface area contributed by atoms with Crippen LogP contribution in [-0.2, 0) is 6.54 Å². The van der Waals surface area contributed by atoms with E-state index in [-0.39, 0.29) is 5.88 Å². The van der Waals surface area contributed by atoms with E-state index in [1.807, 2.05) is 43.7 Å². The van der Waals surface area contributed by atoms with Crippen LogP contribution in [0.5, 0.6) is 5.88 Å². The number of H-pyrrole nitrogens is 1. The minimum atomic E-state index is -0.758. The maximum atomic E-state index is 10.6. The molecule has 0 saturated carbocycles. The molecule has 0 fully saturated rings. The molecule has 4 aromatic heterocycles. The molecule has 0 radical (unpaired) electrons. The predicted molar refractivity (Wildman–Crippen MR) is 125 cm³/mol. The first-order valence-corrected chi connectivity index (χ1v) is 10.6. The standard InChI is InChI=1S/C24H28N6O2/c1-14-6-8-25-12-18(14)19-11-17-20(13-26-19)28-23(31)22(17)16(3)27-21-10-15(2)30(29-21)9-7-24(4,5)32/h6,8,10-13,28,31-32H,7,9H2,1-5H3. The molecule has 8 nitrogen and oxygen atoms in total. The van der Waals surface area contributed by atoms with Crippen LogP contribution in [0.1, 0.15) is 44.0 Å². The summed E-state index contributed by atoms with van der Waals surface area (Å²) >= 11 is 0. The lowest BCUT2D eigenvalue weighted by molar-refractivity contribution is 0.0649. The summed E-state index contributed by atoms with van der Waals surface area (Å²) in [6.45, 7) is 9.99. The number of aromatic amines is 1. The van der Waals surface area contributed by atoms with Crippen molar-refractivity contribution >= 4 is 22.4 Å². The van der Waals surface area contributed by atoms with Crippen molar-refractivity contribution in [2.24, 2.45) is 4.99 Å². The zero-order valence-electron chi connectivity index (χ0n) is 19.0. The molecule has 8 heteroatoms. The third-order valence-electron chi connectivity index (χ3n) is 5.53. The zero-order chi connectivity index (χ0) is 23.0. The normalized spacial score (nSPS) is 12.6. The Morgan fingerprint density at radius 1 is 1.22 bits per heavy atom. The van der Waals surface area contributed by atoms with Crippen molar-refractivity contribution in [3.63, 3.8) is 0 Å².